The average molecular weight is 272 g/mol. The first-order chi connectivity index (χ1) is 8.59. The van der Waals surface area contributed by atoms with Crippen LogP contribution >= 0.6 is 11.6 Å². The SMILES string of the molecule is Cc1noc(Cl)c1CCC(=O)N1CCNC[C@H]1C. The van der Waals surface area contributed by atoms with Crippen LogP contribution in [0.3, 0.4) is 0 Å². The van der Waals surface area contributed by atoms with Gasteiger partial charge in [-0.1, -0.05) is 5.16 Å². The summed E-state index contributed by atoms with van der Waals surface area (Å²) in [4.78, 5) is 14.1. The van der Waals surface area contributed by atoms with E-state index in [1.54, 1.807) is 0 Å². The molecule has 18 heavy (non-hydrogen) atoms. The Bertz CT molecular complexity index is 413. The third-order valence-electron chi connectivity index (χ3n) is 3.35. The molecule has 1 aliphatic heterocycles. The normalized spacial score (nSPS) is 20.2. The predicted molar refractivity (Wildman–Crippen MR) is 68.6 cm³/mol. The highest BCUT2D eigenvalue weighted by Crippen LogP contribution is 2.21. The molecule has 1 saturated heterocycles. The van der Waals surface area contributed by atoms with Gasteiger partial charge in [0.15, 0.2) is 0 Å². The van der Waals surface area contributed by atoms with Crippen LogP contribution in [0, 0.1) is 6.92 Å². The maximum absolute atomic E-state index is 12.1. The van der Waals surface area contributed by atoms with E-state index in [0.717, 1.165) is 30.9 Å². The fraction of sp³-hybridized carbons (Fsp3) is 0.667. The highest BCUT2D eigenvalue weighted by atomic mass is 35.5. The van der Waals surface area contributed by atoms with E-state index in [1.165, 1.54) is 0 Å². The van der Waals surface area contributed by atoms with Gasteiger partial charge in [-0.15, -0.1) is 0 Å². The predicted octanol–water partition coefficient (Wildman–Crippen LogP) is 1.39. The molecule has 2 rings (SSSR count). The topological polar surface area (TPSA) is 58.4 Å². The number of amides is 1. The number of nitrogens with zero attached hydrogens (tertiary/aromatic N) is 2. The van der Waals surface area contributed by atoms with E-state index in [1.807, 2.05) is 11.8 Å². The summed E-state index contributed by atoms with van der Waals surface area (Å²) in [6.07, 6.45) is 1.04. The van der Waals surface area contributed by atoms with Gasteiger partial charge in [0.05, 0.1) is 5.69 Å². The molecule has 6 heteroatoms. The second-order valence-corrected chi connectivity index (χ2v) is 5.00. The summed E-state index contributed by atoms with van der Waals surface area (Å²) in [6.45, 7) is 6.39. The number of hydrogen-bond donors (Lipinski definition) is 1. The van der Waals surface area contributed by atoms with E-state index >= 15 is 0 Å². The Balaban J connectivity index is 1.92. The van der Waals surface area contributed by atoms with Gasteiger partial charge in [0, 0.05) is 37.7 Å². The van der Waals surface area contributed by atoms with E-state index in [4.69, 9.17) is 16.1 Å². The average Bonchev–Trinajstić information content (AvgIpc) is 2.67. The third-order valence-corrected chi connectivity index (χ3v) is 3.64. The zero-order valence-electron chi connectivity index (χ0n) is 10.7. The zero-order chi connectivity index (χ0) is 13.1. The number of carbonyl (C=O) groups is 1. The first-order valence-electron chi connectivity index (χ1n) is 6.20. The molecule has 0 aromatic carbocycles. The van der Waals surface area contributed by atoms with Gasteiger partial charge < -0.3 is 14.7 Å². The second kappa shape index (κ2) is 5.71. The quantitative estimate of drug-likeness (QED) is 0.903. The standard InChI is InChI=1S/C12H18ClN3O2/c1-8-7-14-5-6-16(8)11(17)4-3-10-9(2)15-18-12(10)13/h8,14H,3-7H2,1-2H3/t8-/m1/s1. The maximum atomic E-state index is 12.1. The molecule has 1 fully saturated rings. The van der Waals surface area contributed by atoms with Gasteiger partial charge in [-0.2, -0.15) is 0 Å². The molecule has 5 nitrogen and oxygen atoms in total. The van der Waals surface area contributed by atoms with Crippen LogP contribution in [0.5, 0.6) is 0 Å². The number of carbonyl (C=O) groups excluding carboxylic acids is 1. The Morgan fingerprint density at radius 2 is 2.44 bits per heavy atom. The fourth-order valence-electron chi connectivity index (χ4n) is 2.23. The van der Waals surface area contributed by atoms with Crippen molar-refractivity contribution < 1.29 is 9.32 Å². The van der Waals surface area contributed by atoms with E-state index in [-0.39, 0.29) is 11.9 Å². The Kier molecular flexibility index (Phi) is 4.24. The van der Waals surface area contributed by atoms with Crippen LogP contribution in [0.4, 0.5) is 0 Å². The monoisotopic (exact) mass is 271 g/mol. The third kappa shape index (κ3) is 2.84. The van der Waals surface area contributed by atoms with Crippen molar-refractivity contribution in [3.05, 3.63) is 16.5 Å². The lowest BCUT2D eigenvalue weighted by Crippen LogP contribution is -2.52. The summed E-state index contributed by atoms with van der Waals surface area (Å²) in [6, 6.07) is 0.255. The lowest BCUT2D eigenvalue weighted by Gasteiger charge is -2.34. The highest BCUT2D eigenvalue weighted by Gasteiger charge is 2.23. The summed E-state index contributed by atoms with van der Waals surface area (Å²) in [7, 11) is 0. The largest absolute Gasteiger partial charge is 0.344 e. The molecule has 0 radical (unpaired) electrons. The molecular weight excluding hydrogens is 254 g/mol. The number of aromatic nitrogens is 1. The lowest BCUT2D eigenvalue weighted by molar-refractivity contribution is -0.133. The molecule has 1 amide bonds. The van der Waals surface area contributed by atoms with Gasteiger partial charge in [0.2, 0.25) is 11.1 Å². The van der Waals surface area contributed by atoms with E-state index in [9.17, 15) is 4.79 Å². The minimum absolute atomic E-state index is 0.167. The van der Waals surface area contributed by atoms with Crippen LogP contribution in [0.25, 0.3) is 0 Å². The molecule has 0 saturated carbocycles. The highest BCUT2D eigenvalue weighted by molar-refractivity contribution is 6.29. The second-order valence-electron chi connectivity index (χ2n) is 4.66. The van der Waals surface area contributed by atoms with Crippen LogP contribution in [0.15, 0.2) is 4.52 Å². The molecule has 1 atom stereocenters. The first kappa shape index (κ1) is 13.4. The van der Waals surface area contributed by atoms with Gasteiger partial charge >= 0.3 is 0 Å². The first-order valence-corrected chi connectivity index (χ1v) is 6.58. The molecule has 1 aromatic rings. The lowest BCUT2D eigenvalue weighted by atomic mass is 10.1. The molecule has 1 N–H and O–H groups in total. The summed E-state index contributed by atoms with van der Waals surface area (Å²) < 4.78 is 4.87. The Hall–Kier alpha value is -1.07. The summed E-state index contributed by atoms with van der Waals surface area (Å²) >= 11 is 5.88. The van der Waals surface area contributed by atoms with Crippen molar-refractivity contribution in [2.24, 2.45) is 0 Å². The summed E-state index contributed by atoms with van der Waals surface area (Å²) in [5.74, 6) is 0.167. The minimum Gasteiger partial charge on any atom is -0.344 e. The minimum atomic E-state index is 0.167. The number of piperazine rings is 1. The van der Waals surface area contributed by atoms with Crippen LogP contribution in [-0.2, 0) is 11.2 Å². The van der Waals surface area contributed by atoms with Crippen LogP contribution in [0.1, 0.15) is 24.6 Å². The smallest absolute Gasteiger partial charge is 0.229 e. The van der Waals surface area contributed by atoms with Crippen molar-refractivity contribution in [2.75, 3.05) is 19.6 Å². The Morgan fingerprint density at radius 3 is 3.06 bits per heavy atom. The van der Waals surface area contributed by atoms with Crippen LogP contribution in [-0.4, -0.2) is 41.6 Å². The number of hydrogen-bond acceptors (Lipinski definition) is 4. The summed E-state index contributed by atoms with van der Waals surface area (Å²) in [5.41, 5.74) is 1.61. The molecule has 0 spiro atoms. The molecular formula is C12H18ClN3O2. The van der Waals surface area contributed by atoms with Crippen molar-refractivity contribution in [3.8, 4) is 0 Å². The van der Waals surface area contributed by atoms with Crippen LogP contribution in [0.2, 0.25) is 5.22 Å². The van der Waals surface area contributed by atoms with Crippen molar-refractivity contribution in [3.63, 3.8) is 0 Å². The Morgan fingerprint density at radius 1 is 1.67 bits per heavy atom. The van der Waals surface area contributed by atoms with Gasteiger partial charge in [0.1, 0.15) is 0 Å². The number of nitrogens with one attached hydrogen (secondary N) is 1. The number of halogens is 1. The van der Waals surface area contributed by atoms with E-state index < -0.39 is 0 Å². The van der Waals surface area contributed by atoms with Crippen molar-refractivity contribution in [1.82, 2.24) is 15.4 Å². The number of rotatable bonds is 3. The van der Waals surface area contributed by atoms with E-state index in [0.29, 0.717) is 18.1 Å². The molecule has 1 aromatic heterocycles. The van der Waals surface area contributed by atoms with Crippen molar-refractivity contribution in [2.45, 2.75) is 32.7 Å². The van der Waals surface area contributed by atoms with Gasteiger partial charge in [0.25, 0.3) is 0 Å². The number of aryl methyl sites for hydroxylation is 1. The molecule has 0 unspecified atom stereocenters. The Labute approximate surface area is 111 Å². The zero-order valence-corrected chi connectivity index (χ0v) is 11.5. The van der Waals surface area contributed by atoms with Crippen molar-refractivity contribution in [1.29, 1.82) is 0 Å². The van der Waals surface area contributed by atoms with E-state index in [2.05, 4.69) is 17.4 Å². The van der Waals surface area contributed by atoms with Crippen molar-refractivity contribution >= 4 is 17.5 Å². The fourth-order valence-corrected chi connectivity index (χ4v) is 2.49. The molecule has 0 aliphatic carbocycles. The molecule has 2 heterocycles. The maximum Gasteiger partial charge on any atom is 0.229 e. The van der Waals surface area contributed by atoms with Crippen LogP contribution < -0.4 is 5.32 Å². The molecule has 1 aliphatic rings. The molecule has 100 valence electrons. The molecule has 0 bridgehead atoms. The van der Waals surface area contributed by atoms with Gasteiger partial charge in [-0.25, -0.2) is 0 Å². The summed E-state index contributed by atoms with van der Waals surface area (Å²) in [5, 5.41) is 7.35. The van der Waals surface area contributed by atoms with Gasteiger partial charge in [-0.05, 0) is 31.9 Å². The van der Waals surface area contributed by atoms with Gasteiger partial charge in [-0.3, -0.25) is 4.79 Å².